The van der Waals surface area contributed by atoms with Crippen LogP contribution in [0.2, 0.25) is 0 Å². The predicted molar refractivity (Wildman–Crippen MR) is 109 cm³/mol. The van der Waals surface area contributed by atoms with Crippen LogP contribution in [0.4, 0.5) is 0 Å². The number of carbonyl (C=O) groups excluding carboxylic acids is 1. The van der Waals surface area contributed by atoms with Crippen LogP contribution >= 0.6 is 0 Å². The van der Waals surface area contributed by atoms with Gasteiger partial charge >= 0.3 is 5.97 Å². The van der Waals surface area contributed by atoms with E-state index in [0.717, 1.165) is 11.1 Å². The third kappa shape index (κ3) is 3.50. The van der Waals surface area contributed by atoms with Gasteiger partial charge in [0.05, 0.1) is 24.6 Å². The molecule has 0 bridgehead atoms. The van der Waals surface area contributed by atoms with Crippen molar-refractivity contribution >= 4 is 16.9 Å². The van der Waals surface area contributed by atoms with E-state index in [1.165, 1.54) is 11.8 Å². The molecule has 3 aromatic heterocycles. The minimum atomic E-state index is -0.424. The van der Waals surface area contributed by atoms with Crippen LogP contribution < -0.4 is 5.56 Å². The van der Waals surface area contributed by atoms with Crippen molar-refractivity contribution in [3.8, 4) is 11.3 Å². The molecule has 7 nitrogen and oxygen atoms in total. The number of hydrogen-bond acceptors (Lipinski definition) is 6. The number of fused-ring (bicyclic) bond motifs is 1. The first-order chi connectivity index (χ1) is 14.1. The van der Waals surface area contributed by atoms with E-state index >= 15 is 0 Å². The van der Waals surface area contributed by atoms with Gasteiger partial charge in [0, 0.05) is 24.2 Å². The molecule has 3 heterocycles. The van der Waals surface area contributed by atoms with Crippen molar-refractivity contribution in [2.45, 2.75) is 13.5 Å². The summed E-state index contributed by atoms with van der Waals surface area (Å²) in [4.78, 5) is 33.5. The molecule has 0 radical (unpaired) electrons. The van der Waals surface area contributed by atoms with E-state index in [1.807, 2.05) is 31.2 Å². The van der Waals surface area contributed by atoms with E-state index in [4.69, 9.17) is 4.74 Å². The zero-order chi connectivity index (χ0) is 20.4. The van der Waals surface area contributed by atoms with Gasteiger partial charge < -0.3 is 4.74 Å². The number of pyridine rings is 2. The number of rotatable bonds is 4. The maximum absolute atomic E-state index is 13.0. The highest BCUT2D eigenvalue weighted by molar-refractivity contribution is 5.95. The van der Waals surface area contributed by atoms with Crippen LogP contribution in [0, 0.1) is 6.92 Å². The Kier molecular flexibility index (Phi) is 4.87. The van der Waals surface area contributed by atoms with Crippen LogP contribution in [-0.4, -0.2) is 32.8 Å². The highest BCUT2D eigenvalue weighted by Crippen LogP contribution is 2.25. The molecule has 0 saturated heterocycles. The summed E-state index contributed by atoms with van der Waals surface area (Å²) < 4.78 is 6.29. The van der Waals surface area contributed by atoms with Gasteiger partial charge in [-0.1, -0.05) is 12.1 Å². The fourth-order valence-electron chi connectivity index (χ4n) is 3.18. The smallest absolute Gasteiger partial charge is 0.338 e. The Labute approximate surface area is 166 Å². The lowest BCUT2D eigenvalue weighted by atomic mass is 10.0. The highest BCUT2D eigenvalue weighted by atomic mass is 16.5. The molecule has 0 aliphatic heterocycles. The van der Waals surface area contributed by atoms with E-state index in [9.17, 15) is 9.59 Å². The number of methoxy groups -OCH3 is 1. The first kappa shape index (κ1) is 18.5. The summed E-state index contributed by atoms with van der Waals surface area (Å²) in [6.07, 6.45) is 4.97. The van der Waals surface area contributed by atoms with Gasteiger partial charge in [0.25, 0.3) is 5.56 Å². The van der Waals surface area contributed by atoms with Gasteiger partial charge in [-0.2, -0.15) is 5.10 Å². The van der Waals surface area contributed by atoms with E-state index < -0.39 is 5.97 Å². The molecule has 0 spiro atoms. The van der Waals surface area contributed by atoms with Crippen molar-refractivity contribution in [2.24, 2.45) is 0 Å². The van der Waals surface area contributed by atoms with Gasteiger partial charge in [-0.05, 0) is 48.4 Å². The van der Waals surface area contributed by atoms with Gasteiger partial charge in [0.15, 0.2) is 0 Å². The zero-order valence-electron chi connectivity index (χ0n) is 16.0. The van der Waals surface area contributed by atoms with Gasteiger partial charge in [0.2, 0.25) is 0 Å². The largest absolute Gasteiger partial charge is 0.465 e. The Morgan fingerprint density at radius 2 is 1.90 bits per heavy atom. The highest BCUT2D eigenvalue weighted by Gasteiger charge is 2.17. The first-order valence-electron chi connectivity index (χ1n) is 9.02. The Balaban J connectivity index is 1.94. The molecular weight excluding hydrogens is 368 g/mol. The molecule has 0 atom stereocenters. The van der Waals surface area contributed by atoms with Crippen LogP contribution in [0.15, 0.2) is 65.8 Å². The molecule has 4 aromatic rings. The lowest BCUT2D eigenvalue weighted by molar-refractivity contribution is 0.0600. The Hall–Kier alpha value is -3.87. The molecule has 4 rings (SSSR count). The van der Waals surface area contributed by atoms with Crippen LogP contribution in [0.25, 0.3) is 22.2 Å². The maximum atomic E-state index is 13.0. The summed E-state index contributed by atoms with van der Waals surface area (Å²) in [6.45, 7) is 2.14. The summed E-state index contributed by atoms with van der Waals surface area (Å²) >= 11 is 0. The van der Waals surface area contributed by atoms with E-state index in [-0.39, 0.29) is 5.56 Å². The van der Waals surface area contributed by atoms with Crippen molar-refractivity contribution in [2.75, 3.05) is 7.11 Å². The van der Waals surface area contributed by atoms with E-state index in [1.54, 1.807) is 36.8 Å². The second-order valence-corrected chi connectivity index (χ2v) is 6.59. The van der Waals surface area contributed by atoms with Gasteiger partial charge in [-0.15, -0.1) is 0 Å². The maximum Gasteiger partial charge on any atom is 0.338 e. The lowest BCUT2D eigenvalue weighted by Crippen LogP contribution is -2.24. The van der Waals surface area contributed by atoms with Crippen LogP contribution in [-0.2, 0) is 11.3 Å². The quantitative estimate of drug-likeness (QED) is 0.501. The van der Waals surface area contributed by atoms with E-state index in [0.29, 0.717) is 34.3 Å². The lowest BCUT2D eigenvalue weighted by Gasteiger charge is -2.12. The second-order valence-electron chi connectivity index (χ2n) is 6.59. The minimum Gasteiger partial charge on any atom is -0.465 e. The van der Waals surface area contributed by atoms with Crippen molar-refractivity contribution < 1.29 is 9.53 Å². The average molecular weight is 386 g/mol. The summed E-state index contributed by atoms with van der Waals surface area (Å²) in [7, 11) is 1.35. The van der Waals surface area contributed by atoms with Crippen LogP contribution in [0.3, 0.4) is 0 Å². The second kappa shape index (κ2) is 7.63. The van der Waals surface area contributed by atoms with Crippen LogP contribution in [0.5, 0.6) is 0 Å². The van der Waals surface area contributed by atoms with Crippen molar-refractivity contribution in [1.29, 1.82) is 0 Å². The third-order valence-electron chi connectivity index (χ3n) is 4.72. The molecular formula is C22H18N4O3. The number of esters is 1. The minimum absolute atomic E-state index is 0.228. The summed E-state index contributed by atoms with van der Waals surface area (Å²) in [5.74, 6) is -0.424. The van der Waals surface area contributed by atoms with Crippen molar-refractivity contribution in [3.63, 3.8) is 0 Å². The molecule has 0 fully saturated rings. The molecule has 29 heavy (non-hydrogen) atoms. The molecule has 0 unspecified atom stereocenters. The molecule has 7 heteroatoms. The number of carbonyl (C=O) groups is 1. The van der Waals surface area contributed by atoms with Gasteiger partial charge in [-0.25, -0.2) is 9.48 Å². The third-order valence-corrected chi connectivity index (χ3v) is 4.72. The molecule has 0 amide bonds. The number of nitrogens with zero attached hydrogens (tertiary/aromatic N) is 4. The van der Waals surface area contributed by atoms with E-state index in [2.05, 4.69) is 15.1 Å². The topological polar surface area (TPSA) is 87.0 Å². The number of benzene rings is 1. The Bertz CT molecular complexity index is 1270. The summed E-state index contributed by atoms with van der Waals surface area (Å²) in [5, 5.41) is 5.06. The number of aromatic nitrogens is 4. The van der Waals surface area contributed by atoms with Crippen molar-refractivity contribution in [3.05, 3.63) is 88.1 Å². The average Bonchev–Trinajstić information content (AvgIpc) is 2.76. The molecule has 0 N–H and O–H groups in total. The summed E-state index contributed by atoms with van der Waals surface area (Å²) in [6, 6.07) is 12.5. The predicted octanol–water partition coefficient (Wildman–Crippen LogP) is 3.00. The normalized spacial score (nSPS) is 10.8. The Morgan fingerprint density at radius 1 is 1.10 bits per heavy atom. The number of aryl methyl sites for hydroxylation is 1. The molecule has 0 aliphatic carbocycles. The Morgan fingerprint density at radius 3 is 2.66 bits per heavy atom. The monoisotopic (exact) mass is 386 g/mol. The molecule has 0 saturated carbocycles. The fraction of sp³-hybridized carbons (Fsp3) is 0.136. The zero-order valence-corrected chi connectivity index (χ0v) is 16.0. The first-order valence-corrected chi connectivity index (χ1v) is 9.02. The molecule has 144 valence electrons. The SMILES string of the molecule is COC(=O)c1cc(-c2nn(Cc3ccncc3)c(=O)c3cccnc23)ccc1C. The fourth-order valence-corrected chi connectivity index (χ4v) is 3.18. The summed E-state index contributed by atoms with van der Waals surface area (Å²) in [5.41, 5.74) is 3.62. The van der Waals surface area contributed by atoms with Gasteiger partial charge in [0.1, 0.15) is 11.2 Å². The molecule has 1 aromatic carbocycles. The standard InChI is InChI=1S/C22H18N4O3/c1-14-5-6-16(12-18(14)22(28)29-2)19-20-17(4-3-9-24-20)21(27)26(25-19)13-15-7-10-23-11-8-15/h3-12H,13H2,1-2H3. The van der Waals surface area contributed by atoms with Gasteiger partial charge in [-0.3, -0.25) is 14.8 Å². The molecule has 0 aliphatic rings. The van der Waals surface area contributed by atoms with Crippen molar-refractivity contribution in [1.82, 2.24) is 19.7 Å². The van der Waals surface area contributed by atoms with Crippen LogP contribution in [0.1, 0.15) is 21.5 Å². The number of hydrogen-bond donors (Lipinski definition) is 0. The number of ether oxygens (including phenoxy) is 1.